The van der Waals surface area contributed by atoms with Gasteiger partial charge in [0.05, 0.1) is 22.3 Å². The molecular formula is C16H21FN4O4S. The lowest BCUT2D eigenvalue weighted by atomic mass is 9.94. The van der Waals surface area contributed by atoms with Crippen molar-refractivity contribution in [3.8, 4) is 6.07 Å². The topological polar surface area (TPSA) is 130 Å². The number of nitro benzene ring substituents is 1. The summed E-state index contributed by atoms with van der Waals surface area (Å²) in [6.07, 6.45) is 0.270. The number of nitrogens with two attached hydrogens (primary N) is 1. The number of likely N-dealkylation sites (tertiary alicyclic amines) is 1. The smallest absolute Gasteiger partial charge is 0.269 e. The van der Waals surface area contributed by atoms with Gasteiger partial charge in [-0.25, -0.2) is 12.8 Å². The van der Waals surface area contributed by atoms with Gasteiger partial charge in [0.25, 0.3) is 5.69 Å². The molecule has 0 radical (unpaired) electrons. The van der Waals surface area contributed by atoms with Crippen molar-refractivity contribution >= 4 is 15.5 Å². The molecular weight excluding hydrogens is 363 g/mol. The van der Waals surface area contributed by atoms with Crippen molar-refractivity contribution in [2.24, 2.45) is 5.73 Å². The monoisotopic (exact) mass is 384 g/mol. The van der Waals surface area contributed by atoms with Crippen LogP contribution < -0.4 is 5.73 Å². The van der Waals surface area contributed by atoms with Crippen LogP contribution in [0.15, 0.2) is 18.2 Å². The predicted octanol–water partition coefficient (Wildman–Crippen LogP) is 1.31. The summed E-state index contributed by atoms with van der Waals surface area (Å²) in [5.74, 6) is -1.51. The van der Waals surface area contributed by atoms with Crippen LogP contribution in [0.2, 0.25) is 0 Å². The molecule has 1 aliphatic rings. The molecule has 8 nitrogen and oxygen atoms in total. The van der Waals surface area contributed by atoms with Gasteiger partial charge < -0.3 is 10.6 Å². The molecule has 0 saturated carbocycles. The molecule has 0 aromatic heterocycles. The number of rotatable bonds is 5. The van der Waals surface area contributed by atoms with Gasteiger partial charge in [-0.15, -0.1) is 0 Å². The molecule has 0 amide bonds. The molecule has 1 atom stereocenters. The van der Waals surface area contributed by atoms with E-state index >= 15 is 0 Å². The van der Waals surface area contributed by atoms with E-state index in [1.54, 1.807) is 0 Å². The molecule has 1 aromatic carbocycles. The number of piperidine rings is 1. The second kappa shape index (κ2) is 6.90. The normalized spacial score (nSPS) is 20.1. The maximum atomic E-state index is 14.2. The Morgan fingerprint density at radius 1 is 1.46 bits per heavy atom. The maximum absolute atomic E-state index is 14.2. The van der Waals surface area contributed by atoms with Crippen molar-refractivity contribution in [3.63, 3.8) is 0 Å². The summed E-state index contributed by atoms with van der Waals surface area (Å²) in [5.41, 5.74) is 3.71. The van der Waals surface area contributed by atoms with Crippen LogP contribution in [-0.4, -0.2) is 48.9 Å². The Balaban J connectivity index is 2.40. The molecule has 26 heavy (non-hydrogen) atoms. The molecule has 1 aromatic rings. The average Bonchev–Trinajstić information content (AvgIpc) is 2.54. The molecule has 1 heterocycles. The van der Waals surface area contributed by atoms with Crippen molar-refractivity contribution in [2.45, 2.75) is 30.1 Å². The third-order valence-corrected chi connectivity index (χ3v) is 7.53. The summed E-state index contributed by atoms with van der Waals surface area (Å²) in [5, 5.41) is 20.5. The van der Waals surface area contributed by atoms with Crippen molar-refractivity contribution < 1.29 is 17.7 Å². The molecule has 142 valence electrons. The van der Waals surface area contributed by atoms with Crippen molar-refractivity contribution in [1.82, 2.24) is 4.90 Å². The Labute approximate surface area is 151 Å². The third-order valence-electron chi connectivity index (χ3n) is 4.86. The number of sulfone groups is 1. The summed E-state index contributed by atoms with van der Waals surface area (Å²) in [6, 6.07) is 4.74. The summed E-state index contributed by atoms with van der Waals surface area (Å²) < 4.78 is 38.6. The molecule has 1 aliphatic heterocycles. The predicted molar refractivity (Wildman–Crippen MR) is 93.5 cm³/mol. The quantitative estimate of drug-likeness (QED) is 0.598. The summed E-state index contributed by atoms with van der Waals surface area (Å²) >= 11 is 0. The van der Waals surface area contributed by atoms with E-state index in [4.69, 9.17) is 5.73 Å². The highest BCUT2D eigenvalue weighted by Crippen LogP contribution is 2.35. The first kappa shape index (κ1) is 20.2. The number of hydrogen-bond acceptors (Lipinski definition) is 7. The fraction of sp³-hybridized carbons (Fsp3) is 0.562. The van der Waals surface area contributed by atoms with E-state index in [0.717, 1.165) is 18.2 Å². The van der Waals surface area contributed by atoms with Gasteiger partial charge in [-0.2, -0.15) is 5.26 Å². The first-order valence-electron chi connectivity index (χ1n) is 7.99. The molecule has 1 fully saturated rings. The van der Waals surface area contributed by atoms with Crippen LogP contribution in [-0.2, 0) is 15.4 Å². The van der Waals surface area contributed by atoms with Crippen LogP contribution >= 0.6 is 0 Å². The molecule has 1 saturated heterocycles. The number of nitrogens with zero attached hydrogens (tertiary/aromatic N) is 3. The zero-order chi connectivity index (χ0) is 19.8. The van der Waals surface area contributed by atoms with Crippen LogP contribution in [0.1, 0.15) is 25.3 Å². The van der Waals surface area contributed by atoms with Crippen LogP contribution in [0.4, 0.5) is 10.1 Å². The standard InChI is InChI=1S/C16H21FN4O4S/c1-15(19,13-9-12(21(22)23)3-4-14(13)17)11-26(24,25)16(10-18)5-7-20(2)8-6-16/h3-4,9H,5-8,11,19H2,1-2H3/t15-/m0/s1. The van der Waals surface area contributed by atoms with Gasteiger partial charge in [-0.05, 0) is 32.9 Å². The van der Waals surface area contributed by atoms with E-state index < -0.39 is 36.6 Å². The highest BCUT2D eigenvalue weighted by atomic mass is 32.2. The Kier molecular flexibility index (Phi) is 5.37. The van der Waals surface area contributed by atoms with Crippen LogP contribution in [0.5, 0.6) is 0 Å². The van der Waals surface area contributed by atoms with Gasteiger partial charge >= 0.3 is 0 Å². The second-order valence-electron chi connectivity index (χ2n) is 7.01. The SMILES string of the molecule is CN1CCC(C#N)(S(=O)(=O)C[C@](C)(N)c2cc([N+](=O)[O-])ccc2F)CC1. The van der Waals surface area contributed by atoms with Gasteiger partial charge in [0.1, 0.15) is 5.82 Å². The summed E-state index contributed by atoms with van der Waals surface area (Å²) in [7, 11) is -2.19. The largest absolute Gasteiger partial charge is 0.321 e. The minimum atomic E-state index is -4.02. The van der Waals surface area contributed by atoms with Gasteiger partial charge in [0, 0.05) is 30.8 Å². The highest BCUT2D eigenvalue weighted by molar-refractivity contribution is 7.93. The lowest BCUT2D eigenvalue weighted by Gasteiger charge is -2.37. The molecule has 0 aliphatic carbocycles. The molecule has 0 unspecified atom stereocenters. The number of hydrogen-bond donors (Lipinski definition) is 1. The molecule has 10 heteroatoms. The number of halogens is 1. The molecule has 2 N–H and O–H groups in total. The van der Waals surface area contributed by atoms with Gasteiger partial charge in [0.15, 0.2) is 14.6 Å². The minimum Gasteiger partial charge on any atom is -0.321 e. The molecule has 2 rings (SSSR count). The van der Waals surface area contributed by atoms with Crippen LogP contribution in [0.3, 0.4) is 0 Å². The Morgan fingerprint density at radius 3 is 2.54 bits per heavy atom. The lowest BCUT2D eigenvalue weighted by molar-refractivity contribution is -0.385. The fourth-order valence-corrected chi connectivity index (χ4v) is 5.31. The fourth-order valence-electron chi connectivity index (χ4n) is 3.15. The first-order valence-corrected chi connectivity index (χ1v) is 9.65. The van der Waals surface area contributed by atoms with E-state index in [9.17, 15) is 28.2 Å². The van der Waals surface area contributed by atoms with E-state index in [1.807, 2.05) is 18.0 Å². The molecule has 0 bridgehead atoms. The number of nitriles is 1. The summed E-state index contributed by atoms with van der Waals surface area (Å²) in [4.78, 5) is 12.1. The molecule has 0 spiro atoms. The maximum Gasteiger partial charge on any atom is 0.269 e. The van der Waals surface area contributed by atoms with E-state index in [1.165, 1.54) is 6.92 Å². The number of benzene rings is 1. The Bertz CT molecular complexity index is 855. The van der Waals surface area contributed by atoms with Crippen molar-refractivity contribution in [2.75, 3.05) is 25.9 Å². The third kappa shape index (κ3) is 3.70. The zero-order valence-electron chi connectivity index (χ0n) is 14.6. The van der Waals surface area contributed by atoms with Gasteiger partial charge in [-0.3, -0.25) is 10.1 Å². The van der Waals surface area contributed by atoms with Gasteiger partial charge in [0.2, 0.25) is 0 Å². The first-order chi connectivity index (χ1) is 11.9. The van der Waals surface area contributed by atoms with Crippen molar-refractivity contribution in [3.05, 3.63) is 39.7 Å². The van der Waals surface area contributed by atoms with Gasteiger partial charge in [-0.1, -0.05) is 0 Å². The average molecular weight is 384 g/mol. The highest BCUT2D eigenvalue weighted by Gasteiger charge is 2.48. The van der Waals surface area contributed by atoms with Crippen LogP contribution in [0, 0.1) is 27.3 Å². The zero-order valence-corrected chi connectivity index (χ0v) is 15.4. The van der Waals surface area contributed by atoms with E-state index in [2.05, 4.69) is 0 Å². The minimum absolute atomic E-state index is 0.135. The Morgan fingerprint density at radius 2 is 2.04 bits per heavy atom. The summed E-state index contributed by atoms with van der Waals surface area (Å²) in [6.45, 7) is 2.19. The Hall–Kier alpha value is -2.09. The van der Waals surface area contributed by atoms with Crippen molar-refractivity contribution in [1.29, 1.82) is 5.26 Å². The number of nitro groups is 1. The van der Waals surface area contributed by atoms with Crippen LogP contribution in [0.25, 0.3) is 0 Å². The second-order valence-corrected chi connectivity index (χ2v) is 9.31. The van der Waals surface area contributed by atoms with E-state index in [0.29, 0.717) is 13.1 Å². The van der Waals surface area contributed by atoms with E-state index in [-0.39, 0.29) is 24.1 Å². The number of non-ortho nitro benzene ring substituents is 1. The lowest BCUT2D eigenvalue weighted by Crippen LogP contribution is -2.52.